The highest BCUT2D eigenvalue weighted by molar-refractivity contribution is 6.14. The van der Waals surface area contributed by atoms with Crippen LogP contribution in [0, 0.1) is 0 Å². The van der Waals surface area contributed by atoms with E-state index in [-0.39, 0.29) is 0 Å². The number of nitrogens with zero attached hydrogens (tertiary/aromatic N) is 1. The number of hydrogen-bond donors (Lipinski definition) is 3. The number of aromatic amines is 1. The molecule has 0 aliphatic carbocycles. The molecule has 1 amide bonds. The predicted molar refractivity (Wildman–Crippen MR) is 92.0 cm³/mol. The lowest BCUT2D eigenvalue weighted by atomic mass is 10.1. The van der Waals surface area contributed by atoms with Gasteiger partial charge in [0, 0.05) is 16.6 Å². The number of nitrogen functional groups attached to an aromatic ring is 1. The minimum absolute atomic E-state index is 0.420. The highest BCUT2D eigenvalue weighted by Gasteiger charge is 2.16. The molecule has 5 N–H and O–H groups in total. The Bertz CT molecular complexity index is 1050. The Labute approximate surface area is 131 Å². The van der Waals surface area contributed by atoms with Crippen molar-refractivity contribution in [1.29, 1.82) is 0 Å². The van der Waals surface area contributed by atoms with Gasteiger partial charge >= 0.3 is 0 Å². The molecule has 0 aliphatic heterocycles. The first-order valence-corrected chi connectivity index (χ1v) is 7.20. The Morgan fingerprint density at radius 3 is 2.57 bits per heavy atom. The van der Waals surface area contributed by atoms with Crippen molar-refractivity contribution in [3.8, 4) is 11.3 Å². The van der Waals surface area contributed by atoms with E-state index in [1.165, 1.54) is 0 Å². The first kappa shape index (κ1) is 13.3. The van der Waals surface area contributed by atoms with Gasteiger partial charge in [0.25, 0.3) is 5.91 Å². The van der Waals surface area contributed by atoms with E-state index in [0.717, 1.165) is 22.0 Å². The van der Waals surface area contributed by atoms with Crippen molar-refractivity contribution in [2.75, 3.05) is 5.73 Å². The average Bonchev–Trinajstić information content (AvgIpc) is 2.91. The minimum atomic E-state index is -0.492. The molecule has 0 bridgehead atoms. The summed E-state index contributed by atoms with van der Waals surface area (Å²) >= 11 is 0. The number of hydrogen-bond acceptors (Lipinski definition) is 3. The fourth-order valence-electron chi connectivity index (χ4n) is 2.82. The first-order chi connectivity index (χ1) is 11.1. The summed E-state index contributed by atoms with van der Waals surface area (Å²) in [5.74, 6) is -0.492. The van der Waals surface area contributed by atoms with Crippen molar-refractivity contribution in [3.63, 3.8) is 0 Å². The van der Waals surface area contributed by atoms with Crippen molar-refractivity contribution < 1.29 is 4.79 Å². The van der Waals surface area contributed by atoms with Gasteiger partial charge in [0.05, 0.1) is 27.8 Å². The largest absolute Gasteiger partial charge is 0.399 e. The number of nitrogens with two attached hydrogens (primary N) is 2. The molecule has 0 aliphatic rings. The molecule has 0 spiro atoms. The van der Waals surface area contributed by atoms with Crippen LogP contribution in [-0.4, -0.2) is 15.9 Å². The van der Waals surface area contributed by atoms with Gasteiger partial charge < -0.3 is 16.5 Å². The lowest BCUT2D eigenvalue weighted by Gasteiger charge is -2.05. The van der Waals surface area contributed by atoms with Gasteiger partial charge in [-0.2, -0.15) is 0 Å². The zero-order valence-corrected chi connectivity index (χ0v) is 12.2. The highest BCUT2D eigenvalue weighted by Crippen LogP contribution is 2.30. The number of amides is 1. The maximum atomic E-state index is 11.9. The molecule has 4 rings (SSSR count). The second-order valence-electron chi connectivity index (χ2n) is 5.44. The van der Waals surface area contributed by atoms with Crippen LogP contribution in [0.5, 0.6) is 0 Å². The van der Waals surface area contributed by atoms with Crippen LogP contribution in [0.2, 0.25) is 0 Å². The third-order valence-corrected chi connectivity index (χ3v) is 3.91. The molecule has 5 heteroatoms. The molecule has 2 aromatic heterocycles. The van der Waals surface area contributed by atoms with Crippen molar-refractivity contribution in [2.24, 2.45) is 5.73 Å². The molecule has 2 aromatic carbocycles. The van der Waals surface area contributed by atoms with Gasteiger partial charge in [-0.25, -0.2) is 4.98 Å². The molecule has 0 atom stereocenters. The van der Waals surface area contributed by atoms with E-state index in [0.29, 0.717) is 22.5 Å². The maximum absolute atomic E-state index is 11.9. The summed E-state index contributed by atoms with van der Waals surface area (Å²) < 4.78 is 0. The number of pyridine rings is 1. The summed E-state index contributed by atoms with van der Waals surface area (Å²) in [6, 6.07) is 17.0. The Morgan fingerprint density at radius 2 is 1.83 bits per heavy atom. The molecule has 0 fully saturated rings. The normalized spacial score (nSPS) is 11.1. The van der Waals surface area contributed by atoms with Crippen LogP contribution in [0.4, 0.5) is 5.69 Å². The molecule has 4 aromatic rings. The van der Waals surface area contributed by atoms with Crippen molar-refractivity contribution in [1.82, 2.24) is 9.97 Å². The molecule has 0 unspecified atom stereocenters. The Hall–Kier alpha value is -3.34. The summed E-state index contributed by atoms with van der Waals surface area (Å²) in [5.41, 5.74) is 16.3. The van der Waals surface area contributed by atoms with E-state index in [9.17, 15) is 4.79 Å². The van der Waals surface area contributed by atoms with Crippen LogP contribution in [-0.2, 0) is 0 Å². The molecule has 2 heterocycles. The number of anilines is 1. The Morgan fingerprint density at radius 1 is 1.04 bits per heavy atom. The zero-order valence-electron chi connectivity index (χ0n) is 12.2. The van der Waals surface area contributed by atoms with Gasteiger partial charge in [0.2, 0.25) is 0 Å². The quantitative estimate of drug-likeness (QED) is 0.496. The molecule has 112 valence electrons. The minimum Gasteiger partial charge on any atom is -0.399 e. The SMILES string of the molecule is NC(=O)c1cc(-c2ccccc2)nc2c1[nH]c1cc(N)ccc12. The van der Waals surface area contributed by atoms with E-state index < -0.39 is 5.91 Å². The topological polar surface area (TPSA) is 97.8 Å². The van der Waals surface area contributed by atoms with Crippen LogP contribution in [0.15, 0.2) is 54.6 Å². The fraction of sp³-hybridized carbons (Fsp3) is 0. The van der Waals surface area contributed by atoms with Crippen LogP contribution in [0.1, 0.15) is 10.4 Å². The standard InChI is InChI=1S/C18H14N4O/c19-11-6-7-12-15(8-11)22-17-13(18(20)23)9-14(21-16(12)17)10-4-2-1-3-5-10/h1-9,22H,19H2,(H2,20,23). The van der Waals surface area contributed by atoms with E-state index in [2.05, 4.69) is 4.98 Å². The summed E-state index contributed by atoms with van der Waals surface area (Å²) in [5, 5.41) is 0.912. The summed E-state index contributed by atoms with van der Waals surface area (Å²) in [4.78, 5) is 19.8. The van der Waals surface area contributed by atoms with Gasteiger partial charge in [-0.15, -0.1) is 0 Å². The van der Waals surface area contributed by atoms with Gasteiger partial charge in [-0.1, -0.05) is 30.3 Å². The van der Waals surface area contributed by atoms with E-state index >= 15 is 0 Å². The van der Waals surface area contributed by atoms with E-state index in [1.807, 2.05) is 48.5 Å². The van der Waals surface area contributed by atoms with Crippen LogP contribution in [0.25, 0.3) is 33.2 Å². The number of H-pyrrole nitrogens is 1. The molecular formula is C18H14N4O. The first-order valence-electron chi connectivity index (χ1n) is 7.20. The van der Waals surface area contributed by atoms with Crippen LogP contribution in [0.3, 0.4) is 0 Å². The summed E-state index contributed by atoms with van der Waals surface area (Å²) in [7, 11) is 0. The fourth-order valence-corrected chi connectivity index (χ4v) is 2.82. The zero-order chi connectivity index (χ0) is 16.0. The third kappa shape index (κ3) is 2.10. The number of rotatable bonds is 2. The van der Waals surface area contributed by atoms with Crippen LogP contribution >= 0.6 is 0 Å². The number of nitrogens with one attached hydrogen (secondary N) is 1. The number of benzene rings is 2. The molecule has 23 heavy (non-hydrogen) atoms. The maximum Gasteiger partial charge on any atom is 0.250 e. The van der Waals surface area contributed by atoms with Crippen LogP contribution < -0.4 is 11.5 Å². The lowest BCUT2D eigenvalue weighted by molar-refractivity contribution is 0.100. The third-order valence-electron chi connectivity index (χ3n) is 3.91. The molecular weight excluding hydrogens is 288 g/mol. The van der Waals surface area contributed by atoms with Gasteiger partial charge in [0.15, 0.2) is 0 Å². The Balaban J connectivity index is 2.11. The number of primary amides is 1. The second kappa shape index (κ2) is 4.84. The van der Waals surface area contributed by atoms with E-state index in [4.69, 9.17) is 16.5 Å². The molecule has 0 saturated heterocycles. The highest BCUT2D eigenvalue weighted by atomic mass is 16.1. The molecule has 5 nitrogen and oxygen atoms in total. The van der Waals surface area contributed by atoms with Gasteiger partial charge in [-0.3, -0.25) is 4.79 Å². The summed E-state index contributed by atoms with van der Waals surface area (Å²) in [6.07, 6.45) is 0. The number of aromatic nitrogens is 2. The number of carbonyl (C=O) groups is 1. The number of carbonyl (C=O) groups excluding carboxylic acids is 1. The van der Waals surface area contributed by atoms with E-state index in [1.54, 1.807) is 6.07 Å². The summed E-state index contributed by atoms with van der Waals surface area (Å²) in [6.45, 7) is 0. The lowest BCUT2D eigenvalue weighted by Crippen LogP contribution is -2.12. The predicted octanol–water partition coefficient (Wildman–Crippen LogP) is 3.06. The van der Waals surface area contributed by atoms with Gasteiger partial charge in [-0.05, 0) is 24.3 Å². The molecule has 0 radical (unpaired) electrons. The second-order valence-corrected chi connectivity index (χ2v) is 5.44. The van der Waals surface area contributed by atoms with Crippen molar-refractivity contribution in [3.05, 3.63) is 60.2 Å². The average molecular weight is 302 g/mol. The molecule has 0 saturated carbocycles. The van der Waals surface area contributed by atoms with Crippen molar-refractivity contribution in [2.45, 2.75) is 0 Å². The Kier molecular flexibility index (Phi) is 2.81. The monoisotopic (exact) mass is 302 g/mol. The smallest absolute Gasteiger partial charge is 0.250 e. The van der Waals surface area contributed by atoms with Crippen molar-refractivity contribution >= 4 is 33.5 Å². The van der Waals surface area contributed by atoms with Gasteiger partial charge in [0.1, 0.15) is 0 Å². The number of fused-ring (bicyclic) bond motifs is 3.